The Kier molecular flexibility index (Phi) is 6.20. The molecule has 0 bridgehead atoms. The fourth-order valence-electron chi connectivity index (χ4n) is 4.59. The highest BCUT2D eigenvalue weighted by atomic mass is 16.6. The fourth-order valence-corrected chi connectivity index (χ4v) is 4.59. The number of carboxylic acids is 1. The first-order chi connectivity index (χ1) is 15.3. The van der Waals surface area contributed by atoms with Gasteiger partial charge in [-0.1, -0.05) is 0 Å². The van der Waals surface area contributed by atoms with E-state index >= 15 is 0 Å². The summed E-state index contributed by atoms with van der Waals surface area (Å²) in [4.78, 5) is 12.1. The normalized spacial score (nSPS) is 25.6. The molecule has 4 atom stereocenters. The number of methoxy groups -OCH3 is 1. The first-order valence-electron chi connectivity index (χ1n) is 10.9. The summed E-state index contributed by atoms with van der Waals surface area (Å²) in [5, 5.41) is 9.93. The number of ether oxygens (including phenoxy) is 5. The van der Waals surface area contributed by atoms with Crippen LogP contribution < -0.4 is 18.9 Å². The van der Waals surface area contributed by atoms with Crippen LogP contribution in [0, 0.1) is 11.8 Å². The summed E-state index contributed by atoms with van der Waals surface area (Å²) in [6.07, 6.45) is -0.482. The molecular formula is C25H30O7. The largest absolute Gasteiger partial charge is 0.497 e. The predicted octanol–water partition coefficient (Wildman–Crippen LogP) is 4.49. The zero-order chi connectivity index (χ0) is 22.9. The average Bonchev–Trinajstić information content (AvgIpc) is 2.78. The van der Waals surface area contributed by atoms with Crippen molar-refractivity contribution in [2.45, 2.75) is 45.0 Å². The lowest BCUT2D eigenvalue weighted by molar-refractivity contribution is -0.192. The van der Waals surface area contributed by atoms with Gasteiger partial charge in [-0.15, -0.1) is 0 Å². The van der Waals surface area contributed by atoms with E-state index in [4.69, 9.17) is 23.7 Å². The van der Waals surface area contributed by atoms with Gasteiger partial charge in [0.15, 0.2) is 0 Å². The lowest BCUT2D eigenvalue weighted by Crippen LogP contribution is -2.53. The zero-order valence-electron chi connectivity index (χ0n) is 18.9. The van der Waals surface area contributed by atoms with Crippen molar-refractivity contribution in [1.29, 1.82) is 0 Å². The lowest BCUT2D eigenvalue weighted by Gasteiger charge is -2.50. The van der Waals surface area contributed by atoms with E-state index in [0.29, 0.717) is 18.8 Å². The van der Waals surface area contributed by atoms with Gasteiger partial charge >= 0.3 is 5.97 Å². The van der Waals surface area contributed by atoms with Crippen molar-refractivity contribution in [3.05, 3.63) is 48.0 Å². The monoisotopic (exact) mass is 442 g/mol. The Balaban J connectivity index is 1.60. The maximum Gasteiger partial charge on any atom is 0.309 e. The average molecular weight is 443 g/mol. The van der Waals surface area contributed by atoms with Crippen LogP contribution in [0.15, 0.2) is 42.5 Å². The van der Waals surface area contributed by atoms with E-state index in [0.717, 1.165) is 22.8 Å². The first kappa shape index (κ1) is 22.3. The molecule has 0 amide bonds. The number of hydrogen-bond donors (Lipinski definition) is 1. The second-order valence-corrected chi connectivity index (χ2v) is 8.71. The number of carboxylic acid groups (broad SMARTS) is 1. The Bertz CT molecular complexity index is 953. The molecule has 0 radical (unpaired) electrons. The molecule has 0 spiro atoms. The molecule has 1 N–H and O–H groups in total. The van der Waals surface area contributed by atoms with Crippen LogP contribution in [-0.4, -0.2) is 43.1 Å². The van der Waals surface area contributed by atoms with Crippen LogP contribution in [0.4, 0.5) is 0 Å². The summed E-state index contributed by atoms with van der Waals surface area (Å²) in [7, 11) is 1.60. The minimum Gasteiger partial charge on any atom is -0.497 e. The second kappa shape index (κ2) is 8.90. The summed E-state index contributed by atoms with van der Waals surface area (Å²) in [6, 6.07) is 12.9. The molecule has 2 aliphatic rings. The molecule has 2 aliphatic heterocycles. The minimum absolute atomic E-state index is 0.120. The van der Waals surface area contributed by atoms with Crippen LogP contribution >= 0.6 is 0 Å². The summed E-state index contributed by atoms with van der Waals surface area (Å²) in [5.74, 6) is 1.12. The number of fused-ring (bicyclic) bond motifs is 3. The van der Waals surface area contributed by atoms with E-state index in [2.05, 4.69) is 0 Å². The van der Waals surface area contributed by atoms with Crippen LogP contribution in [0.2, 0.25) is 0 Å². The van der Waals surface area contributed by atoms with E-state index in [1.54, 1.807) is 31.4 Å². The molecule has 2 aromatic rings. The minimum atomic E-state index is -0.892. The number of rotatable bonds is 7. The molecule has 2 aromatic carbocycles. The van der Waals surface area contributed by atoms with E-state index in [9.17, 15) is 9.90 Å². The van der Waals surface area contributed by atoms with Crippen molar-refractivity contribution in [1.82, 2.24) is 0 Å². The van der Waals surface area contributed by atoms with Crippen LogP contribution in [0.25, 0.3) is 0 Å². The van der Waals surface area contributed by atoms with Gasteiger partial charge in [-0.2, -0.15) is 0 Å². The van der Waals surface area contributed by atoms with Crippen molar-refractivity contribution in [2.75, 3.05) is 20.3 Å². The third-order valence-electron chi connectivity index (χ3n) is 6.30. The van der Waals surface area contributed by atoms with E-state index in [1.807, 2.05) is 39.0 Å². The Labute approximate surface area is 188 Å². The van der Waals surface area contributed by atoms with Gasteiger partial charge in [-0.05, 0) is 69.7 Å². The molecule has 4 rings (SSSR count). The number of hydrogen-bond acceptors (Lipinski definition) is 6. The van der Waals surface area contributed by atoms with Crippen LogP contribution in [0.3, 0.4) is 0 Å². The third kappa shape index (κ3) is 4.35. The van der Waals surface area contributed by atoms with Crippen molar-refractivity contribution < 1.29 is 33.6 Å². The number of carbonyl (C=O) groups is 1. The highest BCUT2D eigenvalue weighted by molar-refractivity contribution is 5.71. The van der Waals surface area contributed by atoms with Crippen LogP contribution in [0.5, 0.6) is 23.0 Å². The molecule has 1 saturated heterocycles. The highest BCUT2D eigenvalue weighted by Gasteiger charge is 2.52. The van der Waals surface area contributed by atoms with E-state index in [-0.39, 0.29) is 18.6 Å². The molecule has 0 aliphatic carbocycles. The Morgan fingerprint density at radius 1 is 1.09 bits per heavy atom. The molecule has 0 saturated carbocycles. The molecule has 32 heavy (non-hydrogen) atoms. The van der Waals surface area contributed by atoms with Gasteiger partial charge in [0.25, 0.3) is 0 Å². The van der Waals surface area contributed by atoms with Gasteiger partial charge in [0, 0.05) is 11.5 Å². The maximum atomic E-state index is 12.1. The summed E-state index contributed by atoms with van der Waals surface area (Å²) < 4.78 is 29.5. The summed E-state index contributed by atoms with van der Waals surface area (Å²) in [5.41, 5.74) is 0.318. The number of benzene rings is 2. The van der Waals surface area contributed by atoms with E-state index in [1.165, 1.54) is 0 Å². The van der Waals surface area contributed by atoms with Crippen molar-refractivity contribution in [2.24, 2.45) is 11.8 Å². The SMILES string of the molecule is CCOc1ccc2c(c1)[C@H]1O[C@@H](COc3ccc(OC)cc3)[C@H](C(=O)O)C[C@@H]1C(C)(C)O2. The molecule has 172 valence electrons. The van der Waals surface area contributed by atoms with Crippen molar-refractivity contribution >= 4 is 5.97 Å². The molecule has 0 aromatic heterocycles. The van der Waals surface area contributed by atoms with Gasteiger partial charge in [0.2, 0.25) is 0 Å². The quantitative estimate of drug-likeness (QED) is 0.676. The molecule has 0 unspecified atom stereocenters. The second-order valence-electron chi connectivity index (χ2n) is 8.71. The Hall–Kier alpha value is -2.93. The first-order valence-corrected chi connectivity index (χ1v) is 10.9. The third-order valence-corrected chi connectivity index (χ3v) is 6.30. The lowest BCUT2D eigenvalue weighted by atomic mass is 9.72. The Morgan fingerprint density at radius 3 is 2.44 bits per heavy atom. The van der Waals surface area contributed by atoms with Gasteiger partial charge < -0.3 is 28.8 Å². The van der Waals surface area contributed by atoms with Gasteiger partial charge in [0.05, 0.1) is 25.7 Å². The molecule has 7 nitrogen and oxygen atoms in total. The maximum absolute atomic E-state index is 12.1. The summed E-state index contributed by atoms with van der Waals surface area (Å²) in [6.45, 7) is 6.60. The van der Waals surface area contributed by atoms with Crippen molar-refractivity contribution in [3.63, 3.8) is 0 Å². The highest BCUT2D eigenvalue weighted by Crippen LogP contribution is 2.52. The van der Waals surface area contributed by atoms with E-state index < -0.39 is 23.6 Å². The molecular weight excluding hydrogens is 412 g/mol. The fraction of sp³-hybridized carbons (Fsp3) is 0.480. The van der Waals surface area contributed by atoms with Crippen molar-refractivity contribution in [3.8, 4) is 23.0 Å². The van der Waals surface area contributed by atoms with Gasteiger partial charge in [0.1, 0.15) is 41.3 Å². The van der Waals surface area contributed by atoms with Gasteiger partial charge in [-0.3, -0.25) is 4.79 Å². The molecule has 2 heterocycles. The molecule has 7 heteroatoms. The van der Waals surface area contributed by atoms with Gasteiger partial charge in [-0.25, -0.2) is 0 Å². The zero-order valence-corrected chi connectivity index (χ0v) is 18.9. The van der Waals surface area contributed by atoms with Crippen LogP contribution in [0.1, 0.15) is 38.9 Å². The topological polar surface area (TPSA) is 83.5 Å². The van der Waals surface area contributed by atoms with Crippen LogP contribution in [-0.2, 0) is 9.53 Å². The Morgan fingerprint density at radius 2 is 1.78 bits per heavy atom. The standard InChI is InChI=1S/C25H30O7/c1-5-29-17-10-11-21-18(12-17)23-20(25(2,3)32-21)13-19(24(26)27)22(31-23)14-30-16-8-6-15(28-4)7-9-16/h6-12,19-20,22-23H,5,13-14H2,1-4H3,(H,26,27)/t19-,20+,22+,23-/m1/s1. The number of aliphatic carboxylic acids is 1. The smallest absolute Gasteiger partial charge is 0.309 e. The predicted molar refractivity (Wildman–Crippen MR) is 118 cm³/mol. The molecule has 1 fully saturated rings. The summed E-state index contributed by atoms with van der Waals surface area (Å²) >= 11 is 0.